The molecular weight excluding hydrogens is 264 g/mol. The maximum Gasteiger partial charge on any atom is 0.244 e. The van der Waals surface area contributed by atoms with Crippen molar-refractivity contribution in [3.63, 3.8) is 0 Å². The first-order valence-corrected chi connectivity index (χ1v) is 7.79. The smallest absolute Gasteiger partial charge is 0.244 e. The van der Waals surface area contributed by atoms with Gasteiger partial charge in [0.25, 0.3) is 0 Å². The van der Waals surface area contributed by atoms with E-state index in [-0.39, 0.29) is 12.5 Å². The molecule has 4 nitrogen and oxygen atoms in total. The lowest BCUT2D eigenvalue weighted by atomic mass is 9.79. The predicted molar refractivity (Wildman–Crippen MR) is 83.5 cm³/mol. The van der Waals surface area contributed by atoms with Crippen LogP contribution in [0.1, 0.15) is 38.2 Å². The van der Waals surface area contributed by atoms with Crippen LogP contribution in [0.25, 0.3) is 0 Å². The van der Waals surface area contributed by atoms with E-state index >= 15 is 0 Å². The van der Waals surface area contributed by atoms with Gasteiger partial charge in [-0.15, -0.1) is 0 Å². The number of aliphatic hydroxyl groups excluding tert-OH is 1. The van der Waals surface area contributed by atoms with Crippen molar-refractivity contribution in [3.05, 3.63) is 35.9 Å². The number of hydrogen-bond donors (Lipinski definition) is 3. The molecular formula is C17H26N2O2. The molecule has 1 amide bonds. The van der Waals surface area contributed by atoms with Crippen LogP contribution in [0.4, 0.5) is 0 Å². The maximum atomic E-state index is 12.4. The molecule has 0 bridgehead atoms. The Labute approximate surface area is 126 Å². The zero-order chi connectivity index (χ0) is 15.3. The quantitative estimate of drug-likeness (QED) is 0.773. The molecule has 0 spiro atoms. The molecule has 0 saturated heterocycles. The molecule has 0 heterocycles. The minimum Gasteiger partial charge on any atom is -0.396 e. The van der Waals surface area contributed by atoms with Crippen molar-refractivity contribution in [2.45, 2.75) is 38.1 Å². The van der Waals surface area contributed by atoms with E-state index in [0.717, 1.165) is 18.4 Å². The third-order valence-electron chi connectivity index (χ3n) is 4.67. The Balaban J connectivity index is 1.94. The Morgan fingerprint density at radius 3 is 2.52 bits per heavy atom. The van der Waals surface area contributed by atoms with Gasteiger partial charge in [-0.2, -0.15) is 0 Å². The summed E-state index contributed by atoms with van der Waals surface area (Å²) in [5, 5.41) is 12.4. The molecule has 4 N–H and O–H groups in total. The number of amides is 1. The van der Waals surface area contributed by atoms with Gasteiger partial charge in [-0.05, 0) is 37.2 Å². The van der Waals surface area contributed by atoms with Gasteiger partial charge in [0.1, 0.15) is 5.54 Å². The van der Waals surface area contributed by atoms with Gasteiger partial charge in [-0.1, -0.05) is 43.2 Å². The van der Waals surface area contributed by atoms with E-state index in [0.29, 0.717) is 18.4 Å². The second-order valence-electron chi connectivity index (χ2n) is 6.27. The first-order valence-electron chi connectivity index (χ1n) is 7.79. The lowest BCUT2D eigenvalue weighted by Gasteiger charge is -2.32. The molecule has 0 radical (unpaired) electrons. The highest BCUT2D eigenvalue weighted by atomic mass is 16.3. The van der Waals surface area contributed by atoms with Gasteiger partial charge in [0, 0.05) is 13.2 Å². The number of carbonyl (C=O) groups is 1. The van der Waals surface area contributed by atoms with Gasteiger partial charge in [-0.25, -0.2) is 0 Å². The average molecular weight is 290 g/mol. The first kappa shape index (κ1) is 16.0. The largest absolute Gasteiger partial charge is 0.396 e. The number of aliphatic hydroxyl groups is 1. The van der Waals surface area contributed by atoms with E-state index in [2.05, 4.69) is 5.32 Å². The molecule has 116 valence electrons. The van der Waals surface area contributed by atoms with E-state index in [1.165, 1.54) is 12.8 Å². The summed E-state index contributed by atoms with van der Waals surface area (Å²) in [5.74, 6) is 0.509. The second kappa shape index (κ2) is 7.05. The van der Waals surface area contributed by atoms with Crippen molar-refractivity contribution in [3.8, 4) is 0 Å². The minimum atomic E-state index is -1.02. The van der Waals surface area contributed by atoms with Gasteiger partial charge in [-0.3, -0.25) is 4.79 Å². The fraction of sp³-hybridized carbons (Fsp3) is 0.588. The van der Waals surface area contributed by atoms with Crippen molar-refractivity contribution in [1.82, 2.24) is 5.32 Å². The van der Waals surface area contributed by atoms with Gasteiger partial charge >= 0.3 is 0 Å². The lowest BCUT2D eigenvalue weighted by molar-refractivity contribution is -0.126. The number of nitrogens with one attached hydrogen (secondary N) is 1. The molecule has 3 unspecified atom stereocenters. The summed E-state index contributed by atoms with van der Waals surface area (Å²) in [6, 6.07) is 9.42. The number of rotatable bonds is 5. The van der Waals surface area contributed by atoms with Gasteiger partial charge in [0.05, 0.1) is 0 Å². The molecule has 1 fully saturated rings. The fourth-order valence-corrected chi connectivity index (χ4v) is 3.12. The first-order chi connectivity index (χ1) is 10.1. The molecule has 1 saturated carbocycles. The molecule has 2 rings (SSSR count). The monoisotopic (exact) mass is 290 g/mol. The Bertz CT molecular complexity index is 459. The molecule has 21 heavy (non-hydrogen) atoms. The number of nitrogens with two attached hydrogens (primary N) is 1. The highest BCUT2D eigenvalue weighted by Gasteiger charge is 2.32. The molecule has 1 aliphatic carbocycles. The fourth-order valence-electron chi connectivity index (χ4n) is 3.12. The predicted octanol–water partition coefficient (Wildman–Crippen LogP) is 1.78. The normalized spacial score (nSPS) is 25.1. The van der Waals surface area contributed by atoms with E-state index in [1.807, 2.05) is 30.3 Å². The van der Waals surface area contributed by atoms with E-state index in [9.17, 15) is 9.90 Å². The number of benzene rings is 1. The van der Waals surface area contributed by atoms with Crippen molar-refractivity contribution in [1.29, 1.82) is 0 Å². The highest BCUT2D eigenvalue weighted by Crippen LogP contribution is 2.29. The highest BCUT2D eigenvalue weighted by molar-refractivity contribution is 5.86. The summed E-state index contributed by atoms with van der Waals surface area (Å²) in [6.07, 6.45) is 4.47. The van der Waals surface area contributed by atoms with Crippen LogP contribution in [0.2, 0.25) is 0 Å². The van der Waals surface area contributed by atoms with E-state index in [1.54, 1.807) is 6.92 Å². The minimum absolute atomic E-state index is 0.157. The Hall–Kier alpha value is -1.39. The van der Waals surface area contributed by atoms with Crippen LogP contribution < -0.4 is 11.1 Å². The molecule has 4 heteroatoms. The molecule has 1 aromatic rings. The zero-order valence-corrected chi connectivity index (χ0v) is 12.7. The summed E-state index contributed by atoms with van der Waals surface area (Å²) in [5.41, 5.74) is 5.99. The summed E-state index contributed by atoms with van der Waals surface area (Å²) < 4.78 is 0. The van der Waals surface area contributed by atoms with Gasteiger partial charge in [0.2, 0.25) is 5.91 Å². The third-order valence-corrected chi connectivity index (χ3v) is 4.67. The van der Waals surface area contributed by atoms with Crippen LogP contribution in [0, 0.1) is 11.8 Å². The standard InChI is InChI=1S/C17H26N2O2/c1-17(18,15-9-3-2-4-10-15)16(21)19-11-13-7-5-6-8-14(13)12-20/h2-4,9-10,13-14,20H,5-8,11-12,18H2,1H3,(H,19,21). The summed E-state index contributed by atoms with van der Waals surface area (Å²) in [4.78, 5) is 12.4. The molecule has 0 aliphatic heterocycles. The Morgan fingerprint density at radius 1 is 1.29 bits per heavy atom. The van der Waals surface area contributed by atoms with E-state index < -0.39 is 5.54 Å². The molecule has 1 aliphatic rings. The van der Waals surface area contributed by atoms with Crippen molar-refractivity contribution >= 4 is 5.91 Å². The topological polar surface area (TPSA) is 75.4 Å². The van der Waals surface area contributed by atoms with E-state index in [4.69, 9.17) is 5.73 Å². The Kier molecular flexibility index (Phi) is 5.37. The SMILES string of the molecule is CC(N)(C(=O)NCC1CCCCC1CO)c1ccccc1. The summed E-state index contributed by atoms with van der Waals surface area (Å²) in [7, 11) is 0. The van der Waals surface area contributed by atoms with Crippen molar-refractivity contribution in [2.75, 3.05) is 13.2 Å². The Morgan fingerprint density at radius 2 is 1.90 bits per heavy atom. The van der Waals surface area contributed by atoms with Crippen LogP contribution >= 0.6 is 0 Å². The van der Waals surface area contributed by atoms with Gasteiger partial charge < -0.3 is 16.2 Å². The van der Waals surface area contributed by atoms with Crippen LogP contribution in [0.15, 0.2) is 30.3 Å². The third kappa shape index (κ3) is 3.83. The van der Waals surface area contributed by atoms with Crippen LogP contribution in [-0.4, -0.2) is 24.2 Å². The number of carbonyl (C=O) groups excluding carboxylic acids is 1. The van der Waals surface area contributed by atoms with Gasteiger partial charge in [0.15, 0.2) is 0 Å². The summed E-state index contributed by atoms with van der Waals surface area (Å²) in [6.45, 7) is 2.55. The zero-order valence-electron chi connectivity index (χ0n) is 12.7. The van der Waals surface area contributed by atoms with Crippen LogP contribution in [0.5, 0.6) is 0 Å². The lowest BCUT2D eigenvalue weighted by Crippen LogP contribution is -2.50. The molecule has 3 atom stereocenters. The second-order valence-corrected chi connectivity index (χ2v) is 6.27. The number of hydrogen-bond acceptors (Lipinski definition) is 3. The maximum absolute atomic E-state index is 12.4. The van der Waals surface area contributed by atoms with Crippen molar-refractivity contribution < 1.29 is 9.90 Å². The van der Waals surface area contributed by atoms with Crippen LogP contribution in [-0.2, 0) is 10.3 Å². The summed E-state index contributed by atoms with van der Waals surface area (Å²) >= 11 is 0. The average Bonchev–Trinajstić information content (AvgIpc) is 2.53. The molecule has 1 aromatic carbocycles. The van der Waals surface area contributed by atoms with Crippen LogP contribution in [0.3, 0.4) is 0 Å². The van der Waals surface area contributed by atoms with Crippen molar-refractivity contribution in [2.24, 2.45) is 17.6 Å². The molecule has 0 aromatic heterocycles.